The molecule has 0 fully saturated rings. The first-order valence-electron chi connectivity index (χ1n) is 4.37. The molecule has 0 spiro atoms. The first-order valence-corrected chi connectivity index (χ1v) is 4.37. The summed E-state index contributed by atoms with van der Waals surface area (Å²) in [5.41, 5.74) is 1.10. The molecule has 1 aromatic rings. The Morgan fingerprint density at radius 1 is 1.36 bits per heavy atom. The molecule has 4 heteroatoms. The molecule has 2 nitrogen and oxygen atoms in total. The molecule has 0 unspecified atom stereocenters. The normalized spacial score (nSPS) is 15.1. The van der Waals surface area contributed by atoms with Crippen LogP contribution in [0.5, 0.6) is 0 Å². The lowest BCUT2D eigenvalue weighted by Crippen LogP contribution is -2.30. The van der Waals surface area contributed by atoms with Crippen LogP contribution < -0.4 is 0 Å². The number of halogens is 2. The van der Waals surface area contributed by atoms with Gasteiger partial charge in [0.25, 0.3) is 0 Å². The van der Waals surface area contributed by atoms with E-state index in [4.69, 9.17) is 0 Å². The SMILES string of the molecule is O=CN1CCc2cc(F)cc(F)c2C1. The zero-order chi connectivity index (χ0) is 10.1. The van der Waals surface area contributed by atoms with E-state index < -0.39 is 11.6 Å². The van der Waals surface area contributed by atoms with E-state index in [0.29, 0.717) is 30.5 Å². The standard InChI is InChI=1S/C10H9F2NO/c11-8-3-7-1-2-13(6-14)5-9(7)10(12)4-8/h3-4,6H,1-2,5H2. The Morgan fingerprint density at radius 3 is 2.86 bits per heavy atom. The molecule has 2 rings (SSSR count). The van der Waals surface area contributed by atoms with Crippen LogP contribution in [0.15, 0.2) is 12.1 Å². The summed E-state index contributed by atoms with van der Waals surface area (Å²) < 4.78 is 26.1. The average molecular weight is 197 g/mol. The molecule has 1 heterocycles. The van der Waals surface area contributed by atoms with Crippen molar-refractivity contribution in [2.24, 2.45) is 0 Å². The van der Waals surface area contributed by atoms with Crippen molar-refractivity contribution in [2.45, 2.75) is 13.0 Å². The van der Waals surface area contributed by atoms with E-state index in [2.05, 4.69) is 0 Å². The van der Waals surface area contributed by atoms with Gasteiger partial charge >= 0.3 is 0 Å². The highest BCUT2D eigenvalue weighted by Gasteiger charge is 2.19. The summed E-state index contributed by atoms with van der Waals surface area (Å²) in [6.07, 6.45) is 1.20. The molecule has 74 valence electrons. The molecule has 0 bridgehead atoms. The number of fused-ring (bicyclic) bond motifs is 1. The molecule has 1 amide bonds. The molecule has 0 saturated carbocycles. The van der Waals surface area contributed by atoms with Gasteiger partial charge in [0.15, 0.2) is 0 Å². The predicted molar refractivity (Wildman–Crippen MR) is 46.5 cm³/mol. The van der Waals surface area contributed by atoms with E-state index >= 15 is 0 Å². The zero-order valence-corrected chi connectivity index (χ0v) is 7.46. The van der Waals surface area contributed by atoms with Crippen LogP contribution in [0.3, 0.4) is 0 Å². The van der Waals surface area contributed by atoms with Gasteiger partial charge in [-0.1, -0.05) is 0 Å². The van der Waals surface area contributed by atoms with Crippen LogP contribution in [0.25, 0.3) is 0 Å². The van der Waals surface area contributed by atoms with Crippen LogP contribution in [0.1, 0.15) is 11.1 Å². The highest BCUT2D eigenvalue weighted by molar-refractivity contribution is 5.49. The smallest absolute Gasteiger partial charge is 0.210 e. The molecule has 0 aromatic heterocycles. The van der Waals surface area contributed by atoms with Crippen LogP contribution in [0.2, 0.25) is 0 Å². The van der Waals surface area contributed by atoms with Gasteiger partial charge in [0.1, 0.15) is 11.6 Å². The van der Waals surface area contributed by atoms with E-state index in [9.17, 15) is 13.6 Å². The monoisotopic (exact) mass is 197 g/mol. The Balaban J connectivity index is 2.41. The van der Waals surface area contributed by atoms with Crippen LogP contribution in [0, 0.1) is 11.6 Å². The van der Waals surface area contributed by atoms with Gasteiger partial charge in [-0.15, -0.1) is 0 Å². The Morgan fingerprint density at radius 2 is 2.14 bits per heavy atom. The molecule has 1 aliphatic heterocycles. The van der Waals surface area contributed by atoms with Gasteiger partial charge in [-0.3, -0.25) is 4.79 Å². The lowest BCUT2D eigenvalue weighted by molar-refractivity contribution is -0.118. The minimum atomic E-state index is -0.563. The molecule has 0 N–H and O–H groups in total. The number of amides is 1. The third kappa shape index (κ3) is 1.47. The fraction of sp³-hybridized carbons (Fsp3) is 0.300. The maximum absolute atomic E-state index is 13.3. The molecule has 1 aromatic carbocycles. The second kappa shape index (κ2) is 3.36. The largest absolute Gasteiger partial charge is 0.340 e. The van der Waals surface area contributed by atoms with Crippen molar-refractivity contribution >= 4 is 6.41 Å². The lowest BCUT2D eigenvalue weighted by Gasteiger charge is -2.25. The van der Waals surface area contributed by atoms with Gasteiger partial charge in [-0.2, -0.15) is 0 Å². The summed E-state index contributed by atoms with van der Waals surface area (Å²) in [6, 6.07) is 2.19. The van der Waals surface area contributed by atoms with E-state index in [1.807, 2.05) is 0 Å². The Kier molecular flexibility index (Phi) is 2.19. The van der Waals surface area contributed by atoms with Crippen molar-refractivity contribution in [1.82, 2.24) is 4.90 Å². The van der Waals surface area contributed by atoms with Crippen molar-refractivity contribution < 1.29 is 13.6 Å². The van der Waals surface area contributed by atoms with Crippen molar-refractivity contribution in [3.63, 3.8) is 0 Å². The molecule has 0 saturated heterocycles. The van der Waals surface area contributed by atoms with Gasteiger partial charge < -0.3 is 4.90 Å². The second-order valence-electron chi connectivity index (χ2n) is 3.35. The van der Waals surface area contributed by atoms with E-state index in [-0.39, 0.29) is 6.54 Å². The van der Waals surface area contributed by atoms with Crippen LogP contribution in [-0.4, -0.2) is 17.9 Å². The molecule has 0 aliphatic carbocycles. The second-order valence-corrected chi connectivity index (χ2v) is 3.35. The Labute approximate surface area is 80.1 Å². The molecular weight excluding hydrogens is 188 g/mol. The number of rotatable bonds is 1. The van der Waals surface area contributed by atoms with Gasteiger partial charge in [0, 0.05) is 24.7 Å². The van der Waals surface area contributed by atoms with E-state index in [0.717, 1.165) is 6.07 Å². The third-order valence-electron chi connectivity index (χ3n) is 2.43. The Hall–Kier alpha value is -1.45. The maximum Gasteiger partial charge on any atom is 0.210 e. The average Bonchev–Trinajstić information content (AvgIpc) is 2.17. The summed E-state index contributed by atoms with van der Waals surface area (Å²) >= 11 is 0. The fourth-order valence-corrected chi connectivity index (χ4v) is 1.69. The summed E-state index contributed by atoms with van der Waals surface area (Å²) in [7, 11) is 0. The van der Waals surface area contributed by atoms with E-state index in [1.165, 1.54) is 11.0 Å². The highest BCUT2D eigenvalue weighted by Crippen LogP contribution is 2.22. The Bertz CT molecular complexity index is 379. The minimum absolute atomic E-state index is 0.241. The topological polar surface area (TPSA) is 20.3 Å². The minimum Gasteiger partial charge on any atom is -0.340 e. The van der Waals surface area contributed by atoms with Gasteiger partial charge in [-0.05, 0) is 18.1 Å². The van der Waals surface area contributed by atoms with Crippen molar-refractivity contribution in [1.29, 1.82) is 0 Å². The fourth-order valence-electron chi connectivity index (χ4n) is 1.69. The number of benzene rings is 1. The van der Waals surface area contributed by atoms with Crippen molar-refractivity contribution in [3.05, 3.63) is 34.9 Å². The first-order chi connectivity index (χ1) is 6.70. The summed E-state index contributed by atoms with van der Waals surface area (Å²) in [6.45, 7) is 0.768. The van der Waals surface area contributed by atoms with Crippen LogP contribution >= 0.6 is 0 Å². The number of hydrogen-bond acceptors (Lipinski definition) is 1. The van der Waals surface area contributed by atoms with Gasteiger partial charge in [0.2, 0.25) is 6.41 Å². The number of hydrogen-bond donors (Lipinski definition) is 0. The summed E-state index contributed by atoms with van der Waals surface area (Å²) in [4.78, 5) is 12.0. The van der Waals surface area contributed by atoms with Gasteiger partial charge in [-0.25, -0.2) is 8.78 Å². The summed E-state index contributed by atoms with van der Waals surface area (Å²) in [5.74, 6) is -1.12. The van der Waals surface area contributed by atoms with Crippen LogP contribution in [-0.2, 0) is 17.8 Å². The quantitative estimate of drug-likeness (QED) is 0.624. The summed E-state index contributed by atoms with van der Waals surface area (Å²) in [5, 5.41) is 0. The molecule has 0 atom stereocenters. The lowest BCUT2D eigenvalue weighted by atomic mass is 9.99. The van der Waals surface area contributed by atoms with Gasteiger partial charge in [0.05, 0.1) is 0 Å². The first kappa shape index (κ1) is 9.12. The molecule has 14 heavy (non-hydrogen) atoms. The maximum atomic E-state index is 13.3. The molecular formula is C10H9F2NO. The van der Waals surface area contributed by atoms with E-state index in [1.54, 1.807) is 0 Å². The van der Waals surface area contributed by atoms with Crippen molar-refractivity contribution in [2.75, 3.05) is 6.54 Å². The van der Waals surface area contributed by atoms with Crippen LogP contribution in [0.4, 0.5) is 8.78 Å². The molecule has 0 radical (unpaired) electrons. The predicted octanol–water partition coefficient (Wildman–Crippen LogP) is 1.48. The third-order valence-corrected chi connectivity index (χ3v) is 2.43. The zero-order valence-electron chi connectivity index (χ0n) is 7.46. The van der Waals surface area contributed by atoms with Crippen molar-refractivity contribution in [3.8, 4) is 0 Å². The number of carbonyl (C=O) groups excluding carboxylic acids is 1. The number of carbonyl (C=O) groups is 1. The highest BCUT2D eigenvalue weighted by atomic mass is 19.1. The number of nitrogens with zero attached hydrogens (tertiary/aromatic N) is 1. The molecule has 1 aliphatic rings.